The Kier molecular flexibility index (Phi) is 4.27. The van der Waals surface area contributed by atoms with Gasteiger partial charge in [0.2, 0.25) is 0 Å². The highest BCUT2D eigenvalue weighted by Gasteiger charge is 2.18. The molecule has 5 N–H and O–H groups in total. The second-order valence-corrected chi connectivity index (χ2v) is 3.98. The van der Waals surface area contributed by atoms with Crippen LogP contribution >= 0.6 is 0 Å². The molecule has 1 rings (SSSR count). The first kappa shape index (κ1) is 12.2. The number of hydrogen-bond acceptors (Lipinski definition) is 3. The van der Waals surface area contributed by atoms with E-state index >= 15 is 0 Å². The van der Waals surface area contributed by atoms with Crippen LogP contribution in [-0.2, 0) is 0 Å². The van der Waals surface area contributed by atoms with Crippen LogP contribution in [0.3, 0.4) is 0 Å². The molecule has 0 aliphatic carbocycles. The fourth-order valence-corrected chi connectivity index (χ4v) is 1.68. The summed E-state index contributed by atoms with van der Waals surface area (Å²) in [7, 11) is 0. The standard InChI is InChI=1S/C12H20N2O/c1-8-4-3-5-10(9(8)2)12(15)11(14)6-7-13/h3-5,11-12,15H,6-7,13-14H2,1-2H3. The predicted molar refractivity (Wildman–Crippen MR) is 62.5 cm³/mol. The quantitative estimate of drug-likeness (QED) is 0.691. The van der Waals surface area contributed by atoms with Gasteiger partial charge in [-0.25, -0.2) is 0 Å². The lowest BCUT2D eigenvalue weighted by Gasteiger charge is -2.21. The van der Waals surface area contributed by atoms with Crippen LogP contribution in [0.5, 0.6) is 0 Å². The molecule has 0 heterocycles. The van der Waals surface area contributed by atoms with Gasteiger partial charge in [0.1, 0.15) is 0 Å². The van der Waals surface area contributed by atoms with Crippen molar-refractivity contribution in [3.63, 3.8) is 0 Å². The Balaban J connectivity index is 2.90. The van der Waals surface area contributed by atoms with Crippen LogP contribution < -0.4 is 11.5 Å². The summed E-state index contributed by atoms with van der Waals surface area (Å²) < 4.78 is 0. The lowest BCUT2D eigenvalue weighted by Crippen LogP contribution is -2.31. The van der Waals surface area contributed by atoms with E-state index in [4.69, 9.17) is 11.5 Å². The maximum absolute atomic E-state index is 10.0. The Labute approximate surface area is 91.1 Å². The molecular weight excluding hydrogens is 188 g/mol. The topological polar surface area (TPSA) is 72.3 Å². The lowest BCUT2D eigenvalue weighted by molar-refractivity contribution is 0.142. The van der Waals surface area contributed by atoms with Gasteiger partial charge < -0.3 is 16.6 Å². The Morgan fingerprint density at radius 2 is 2.00 bits per heavy atom. The first-order chi connectivity index (χ1) is 7.07. The van der Waals surface area contributed by atoms with E-state index in [0.29, 0.717) is 13.0 Å². The summed E-state index contributed by atoms with van der Waals surface area (Å²) in [5.41, 5.74) is 14.5. The van der Waals surface area contributed by atoms with Gasteiger partial charge >= 0.3 is 0 Å². The number of benzene rings is 1. The number of nitrogens with two attached hydrogens (primary N) is 2. The van der Waals surface area contributed by atoms with Crippen molar-refractivity contribution in [3.05, 3.63) is 34.9 Å². The van der Waals surface area contributed by atoms with Crippen molar-refractivity contribution >= 4 is 0 Å². The van der Waals surface area contributed by atoms with Crippen LogP contribution in [0.4, 0.5) is 0 Å². The molecule has 2 atom stereocenters. The van der Waals surface area contributed by atoms with Gasteiger partial charge in [0.05, 0.1) is 6.10 Å². The first-order valence-corrected chi connectivity index (χ1v) is 5.27. The normalized spacial score (nSPS) is 15.0. The van der Waals surface area contributed by atoms with E-state index in [-0.39, 0.29) is 6.04 Å². The highest BCUT2D eigenvalue weighted by molar-refractivity contribution is 5.35. The molecule has 2 unspecified atom stereocenters. The summed E-state index contributed by atoms with van der Waals surface area (Å²) in [6.07, 6.45) is 0.0163. The average Bonchev–Trinajstić information content (AvgIpc) is 2.21. The molecule has 0 radical (unpaired) electrons. The molecular formula is C12H20N2O. The van der Waals surface area contributed by atoms with Crippen LogP contribution in [0.2, 0.25) is 0 Å². The van der Waals surface area contributed by atoms with Crippen molar-refractivity contribution in [1.82, 2.24) is 0 Å². The number of rotatable bonds is 4. The fraction of sp³-hybridized carbons (Fsp3) is 0.500. The minimum Gasteiger partial charge on any atom is -0.387 e. The van der Waals surface area contributed by atoms with E-state index in [0.717, 1.165) is 11.1 Å². The summed E-state index contributed by atoms with van der Waals surface area (Å²) in [6, 6.07) is 5.61. The van der Waals surface area contributed by atoms with Gasteiger partial charge in [-0.15, -0.1) is 0 Å². The molecule has 0 aliphatic heterocycles. The van der Waals surface area contributed by atoms with Crippen molar-refractivity contribution in [1.29, 1.82) is 0 Å². The summed E-state index contributed by atoms with van der Waals surface area (Å²) in [6.45, 7) is 4.53. The molecule has 0 spiro atoms. The molecule has 84 valence electrons. The van der Waals surface area contributed by atoms with Crippen LogP contribution in [0, 0.1) is 13.8 Å². The summed E-state index contributed by atoms with van der Waals surface area (Å²) in [4.78, 5) is 0. The van der Waals surface area contributed by atoms with E-state index in [1.807, 2.05) is 32.0 Å². The zero-order valence-electron chi connectivity index (χ0n) is 9.40. The Morgan fingerprint density at radius 1 is 1.33 bits per heavy atom. The van der Waals surface area contributed by atoms with E-state index in [9.17, 15) is 5.11 Å². The smallest absolute Gasteiger partial charge is 0.0943 e. The van der Waals surface area contributed by atoms with Crippen molar-refractivity contribution in [3.8, 4) is 0 Å². The minimum atomic E-state index is -0.617. The maximum atomic E-state index is 10.0. The molecule has 0 bridgehead atoms. The van der Waals surface area contributed by atoms with Crippen molar-refractivity contribution < 1.29 is 5.11 Å². The number of aliphatic hydroxyl groups is 1. The SMILES string of the molecule is Cc1cccc(C(O)C(N)CCN)c1C. The molecule has 1 aromatic rings. The number of aliphatic hydroxyl groups excluding tert-OH is 1. The Bertz CT molecular complexity index is 325. The van der Waals surface area contributed by atoms with E-state index in [1.165, 1.54) is 5.56 Å². The van der Waals surface area contributed by atoms with Crippen LogP contribution in [0.15, 0.2) is 18.2 Å². The van der Waals surface area contributed by atoms with Gasteiger partial charge in [-0.3, -0.25) is 0 Å². The van der Waals surface area contributed by atoms with Gasteiger partial charge in [0, 0.05) is 6.04 Å². The minimum absolute atomic E-state index is 0.282. The molecule has 15 heavy (non-hydrogen) atoms. The molecule has 3 heteroatoms. The summed E-state index contributed by atoms with van der Waals surface area (Å²) in [5, 5.41) is 10.0. The fourth-order valence-electron chi connectivity index (χ4n) is 1.68. The van der Waals surface area contributed by atoms with Gasteiger partial charge in [-0.2, -0.15) is 0 Å². The second-order valence-electron chi connectivity index (χ2n) is 3.98. The van der Waals surface area contributed by atoms with Crippen LogP contribution in [-0.4, -0.2) is 17.7 Å². The third kappa shape index (κ3) is 2.78. The largest absolute Gasteiger partial charge is 0.387 e. The number of aryl methyl sites for hydroxylation is 1. The Morgan fingerprint density at radius 3 is 2.60 bits per heavy atom. The number of hydrogen-bond donors (Lipinski definition) is 3. The molecule has 3 nitrogen and oxygen atoms in total. The molecule has 0 saturated carbocycles. The Hall–Kier alpha value is -0.900. The van der Waals surface area contributed by atoms with E-state index in [2.05, 4.69) is 0 Å². The third-order valence-corrected chi connectivity index (χ3v) is 2.87. The molecule has 0 aromatic heterocycles. The highest BCUT2D eigenvalue weighted by Crippen LogP contribution is 2.23. The van der Waals surface area contributed by atoms with E-state index in [1.54, 1.807) is 0 Å². The third-order valence-electron chi connectivity index (χ3n) is 2.87. The van der Waals surface area contributed by atoms with Crippen LogP contribution in [0.25, 0.3) is 0 Å². The van der Waals surface area contributed by atoms with Gasteiger partial charge in [-0.05, 0) is 43.5 Å². The van der Waals surface area contributed by atoms with Gasteiger partial charge in [-0.1, -0.05) is 18.2 Å². The molecule has 0 aliphatic rings. The highest BCUT2D eigenvalue weighted by atomic mass is 16.3. The van der Waals surface area contributed by atoms with Crippen molar-refractivity contribution in [2.75, 3.05) is 6.54 Å². The lowest BCUT2D eigenvalue weighted by atomic mass is 9.94. The van der Waals surface area contributed by atoms with Crippen molar-refractivity contribution in [2.24, 2.45) is 11.5 Å². The molecule has 0 fully saturated rings. The first-order valence-electron chi connectivity index (χ1n) is 5.27. The summed E-state index contributed by atoms with van der Waals surface area (Å²) >= 11 is 0. The maximum Gasteiger partial charge on any atom is 0.0943 e. The van der Waals surface area contributed by atoms with E-state index < -0.39 is 6.10 Å². The zero-order chi connectivity index (χ0) is 11.4. The van der Waals surface area contributed by atoms with Gasteiger partial charge in [0.15, 0.2) is 0 Å². The molecule has 0 amide bonds. The summed E-state index contributed by atoms with van der Waals surface area (Å²) in [5.74, 6) is 0. The van der Waals surface area contributed by atoms with Gasteiger partial charge in [0.25, 0.3) is 0 Å². The molecule has 1 aromatic carbocycles. The monoisotopic (exact) mass is 208 g/mol. The van der Waals surface area contributed by atoms with Crippen LogP contribution in [0.1, 0.15) is 29.2 Å². The van der Waals surface area contributed by atoms with Crippen molar-refractivity contribution in [2.45, 2.75) is 32.4 Å². The average molecular weight is 208 g/mol. The zero-order valence-corrected chi connectivity index (χ0v) is 9.40. The second kappa shape index (κ2) is 5.26. The molecule has 0 saturated heterocycles. The predicted octanol–water partition coefficient (Wildman–Crippen LogP) is 1.01.